The molecule has 0 amide bonds. The zero-order valence-electron chi connectivity index (χ0n) is 15.7. The number of ether oxygens (including phenoxy) is 1. The molecule has 0 radical (unpaired) electrons. The molecule has 27 heavy (non-hydrogen) atoms. The molecule has 1 fully saturated rings. The molecule has 0 spiro atoms. The van der Waals surface area contributed by atoms with Crippen LogP contribution in [0.1, 0.15) is 43.4 Å². The number of carbonyl (C=O) groups is 1. The molecule has 6 nitrogen and oxygen atoms in total. The lowest BCUT2D eigenvalue weighted by atomic mass is 9.68. The largest absolute Gasteiger partial charge is 0.468 e. The van der Waals surface area contributed by atoms with Gasteiger partial charge in [-0.2, -0.15) is 0 Å². The first-order valence-electron chi connectivity index (χ1n) is 9.02. The van der Waals surface area contributed by atoms with Crippen molar-refractivity contribution >= 4 is 5.97 Å². The van der Waals surface area contributed by atoms with Crippen LogP contribution >= 0.6 is 0 Å². The first-order chi connectivity index (χ1) is 12.9. The molecule has 6 heteroatoms. The Kier molecular flexibility index (Phi) is 5.02. The number of nitrogens with zero attached hydrogens (tertiary/aromatic N) is 1. The van der Waals surface area contributed by atoms with Crippen LogP contribution in [0.25, 0.3) is 0 Å². The Bertz CT molecular complexity index is 827. The third-order valence-corrected chi connectivity index (χ3v) is 5.80. The Morgan fingerprint density at radius 3 is 2.07 bits per heavy atom. The van der Waals surface area contributed by atoms with Crippen molar-refractivity contribution in [2.75, 3.05) is 7.11 Å². The van der Waals surface area contributed by atoms with E-state index in [1.54, 1.807) is 13.8 Å². The summed E-state index contributed by atoms with van der Waals surface area (Å²) in [6.45, 7) is 3.51. The van der Waals surface area contributed by atoms with Gasteiger partial charge >= 0.3 is 5.97 Å². The van der Waals surface area contributed by atoms with Crippen LogP contribution in [0.4, 0.5) is 0 Å². The maximum absolute atomic E-state index is 12.8. The Balaban J connectivity index is 2.29. The van der Waals surface area contributed by atoms with Crippen LogP contribution in [-0.4, -0.2) is 29.1 Å². The van der Waals surface area contributed by atoms with Crippen molar-refractivity contribution in [3.63, 3.8) is 0 Å². The third-order valence-electron chi connectivity index (χ3n) is 5.80. The van der Waals surface area contributed by atoms with Gasteiger partial charge in [-0.05, 0) is 18.1 Å². The number of rotatable bonds is 5. The van der Waals surface area contributed by atoms with Gasteiger partial charge < -0.3 is 4.74 Å². The van der Waals surface area contributed by atoms with E-state index in [1.807, 2.05) is 60.7 Å². The molecule has 142 valence electrons. The number of methoxy groups -OCH3 is 1. The molecule has 2 aromatic rings. The monoisotopic (exact) mass is 368 g/mol. The van der Waals surface area contributed by atoms with Gasteiger partial charge in [-0.3, -0.25) is 20.2 Å². The number of carbonyl (C=O) groups excluding carboxylic acids is 1. The van der Waals surface area contributed by atoms with E-state index in [1.165, 1.54) is 7.11 Å². The summed E-state index contributed by atoms with van der Waals surface area (Å²) in [5.41, 5.74) is -1.11. The predicted octanol–water partition coefficient (Wildman–Crippen LogP) is 3.47. The summed E-state index contributed by atoms with van der Waals surface area (Å²) in [6.07, 6.45) is 0.263. The van der Waals surface area contributed by atoms with E-state index in [2.05, 4.69) is 5.32 Å². The van der Waals surface area contributed by atoms with Gasteiger partial charge in [0, 0.05) is 11.3 Å². The van der Waals surface area contributed by atoms with Gasteiger partial charge in [-0.25, -0.2) is 0 Å². The Morgan fingerprint density at radius 1 is 1.11 bits per heavy atom. The van der Waals surface area contributed by atoms with E-state index in [0.717, 1.165) is 11.1 Å². The normalized spacial score (nSPS) is 30.0. The maximum atomic E-state index is 12.8. The summed E-state index contributed by atoms with van der Waals surface area (Å²) in [7, 11) is 1.31. The van der Waals surface area contributed by atoms with Crippen molar-refractivity contribution in [3.05, 3.63) is 81.9 Å². The van der Waals surface area contributed by atoms with Gasteiger partial charge in [0.25, 0.3) is 0 Å². The average Bonchev–Trinajstić information content (AvgIpc) is 2.99. The number of esters is 1. The second-order valence-electron chi connectivity index (χ2n) is 7.13. The summed E-state index contributed by atoms with van der Waals surface area (Å²) >= 11 is 0. The molecule has 0 aromatic heterocycles. The number of hydrogen-bond donors (Lipinski definition) is 1. The van der Waals surface area contributed by atoms with Gasteiger partial charge in [0.15, 0.2) is 0 Å². The highest BCUT2D eigenvalue weighted by atomic mass is 16.6. The second kappa shape index (κ2) is 7.12. The van der Waals surface area contributed by atoms with Gasteiger partial charge in [0.1, 0.15) is 11.6 Å². The van der Waals surface area contributed by atoms with Crippen molar-refractivity contribution in [2.45, 2.75) is 43.3 Å². The molecule has 0 saturated carbocycles. The summed E-state index contributed by atoms with van der Waals surface area (Å²) in [6, 6.07) is 17.9. The van der Waals surface area contributed by atoms with E-state index in [4.69, 9.17) is 4.74 Å². The number of hydrogen-bond acceptors (Lipinski definition) is 5. The zero-order chi connectivity index (χ0) is 19.7. The Labute approximate surface area is 158 Å². The summed E-state index contributed by atoms with van der Waals surface area (Å²) in [4.78, 5) is 25.1. The third kappa shape index (κ3) is 2.80. The van der Waals surface area contributed by atoms with Gasteiger partial charge in [-0.1, -0.05) is 67.6 Å². The lowest BCUT2D eigenvalue weighted by Crippen LogP contribution is -2.52. The topological polar surface area (TPSA) is 81.5 Å². The highest BCUT2D eigenvalue weighted by Crippen LogP contribution is 2.54. The number of nitrogens with one attached hydrogen (secondary N) is 1. The standard InChI is InChI=1S/C21H24N2O4/c1-4-21(23(25)26)17(15-11-7-5-8-12-15)20(2,19(24)27-3)22-18(21)16-13-9-6-10-14-16/h5-14,17-18,22H,4H2,1-3H3/t17-,18+,20+,21+/m1/s1. The highest BCUT2D eigenvalue weighted by molar-refractivity contribution is 5.83. The summed E-state index contributed by atoms with van der Waals surface area (Å²) in [5, 5.41) is 15.8. The van der Waals surface area contributed by atoms with E-state index in [0.29, 0.717) is 0 Å². The van der Waals surface area contributed by atoms with Crippen molar-refractivity contribution in [1.29, 1.82) is 0 Å². The zero-order valence-corrected chi connectivity index (χ0v) is 15.7. The molecule has 2 aromatic carbocycles. The minimum atomic E-state index is -1.40. The average molecular weight is 368 g/mol. The fraction of sp³-hybridized carbons (Fsp3) is 0.381. The van der Waals surface area contributed by atoms with Crippen molar-refractivity contribution in [1.82, 2.24) is 5.32 Å². The van der Waals surface area contributed by atoms with E-state index >= 15 is 0 Å². The van der Waals surface area contributed by atoms with Gasteiger partial charge in [-0.15, -0.1) is 0 Å². The van der Waals surface area contributed by atoms with Crippen molar-refractivity contribution < 1.29 is 14.5 Å². The maximum Gasteiger partial charge on any atom is 0.326 e. The molecule has 1 aliphatic rings. The van der Waals surface area contributed by atoms with Crippen molar-refractivity contribution in [2.24, 2.45) is 0 Å². The lowest BCUT2D eigenvalue weighted by molar-refractivity contribution is -0.577. The minimum absolute atomic E-state index is 0.219. The molecule has 1 heterocycles. The molecule has 1 saturated heterocycles. The molecule has 1 aliphatic heterocycles. The quantitative estimate of drug-likeness (QED) is 0.496. The number of nitro groups is 1. The molecule has 1 N–H and O–H groups in total. The van der Waals surface area contributed by atoms with E-state index < -0.39 is 29.0 Å². The molecule has 0 bridgehead atoms. The van der Waals surface area contributed by atoms with Crippen LogP contribution in [0.5, 0.6) is 0 Å². The molecular formula is C21H24N2O4. The minimum Gasteiger partial charge on any atom is -0.468 e. The van der Waals surface area contributed by atoms with E-state index in [-0.39, 0.29) is 11.3 Å². The van der Waals surface area contributed by atoms with Crippen LogP contribution in [0, 0.1) is 10.1 Å². The summed E-state index contributed by atoms with van der Waals surface area (Å²) in [5.74, 6) is -1.20. The van der Waals surface area contributed by atoms with E-state index in [9.17, 15) is 14.9 Å². The Morgan fingerprint density at radius 2 is 1.63 bits per heavy atom. The smallest absolute Gasteiger partial charge is 0.326 e. The highest BCUT2D eigenvalue weighted by Gasteiger charge is 2.71. The lowest BCUT2D eigenvalue weighted by Gasteiger charge is -2.34. The number of benzene rings is 2. The predicted molar refractivity (Wildman–Crippen MR) is 102 cm³/mol. The molecule has 0 unspecified atom stereocenters. The fourth-order valence-electron chi connectivity index (χ4n) is 4.60. The van der Waals surface area contributed by atoms with Crippen LogP contribution in [0.15, 0.2) is 60.7 Å². The molecule has 0 aliphatic carbocycles. The molecule has 3 rings (SSSR count). The first-order valence-corrected chi connectivity index (χ1v) is 9.02. The second-order valence-corrected chi connectivity index (χ2v) is 7.13. The Hall–Kier alpha value is -2.73. The first kappa shape index (κ1) is 19.0. The molecule has 4 atom stereocenters. The SMILES string of the molecule is CC[C@@]1([N+](=O)[O-])[C@H](c2ccccc2)N[C@](C)(C(=O)OC)[C@H]1c1ccccc1. The van der Waals surface area contributed by atoms with Crippen LogP contribution < -0.4 is 5.32 Å². The fourth-order valence-corrected chi connectivity index (χ4v) is 4.60. The van der Waals surface area contributed by atoms with Crippen LogP contribution in [-0.2, 0) is 9.53 Å². The van der Waals surface area contributed by atoms with Gasteiger partial charge in [0.2, 0.25) is 5.54 Å². The van der Waals surface area contributed by atoms with Crippen LogP contribution in [0.2, 0.25) is 0 Å². The molecular weight excluding hydrogens is 344 g/mol. The van der Waals surface area contributed by atoms with Gasteiger partial charge in [0.05, 0.1) is 13.0 Å². The van der Waals surface area contributed by atoms with Crippen LogP contribution in [0.3, 0.4) is 0 Å². The summed E-state index contributed by atoms with van der Waals surface area (Å²) < 4.78 is 5.07. The van der Waals surface area contributed by atoms with Crippen molar-refractivity contribution in [3.8, 4) is 0 Å².